The Hall–Kier alpha value is -0.810. The Kier molecular flexibility index (Phi) is 4.12. The molecule has 2 rings (SSSR count). The molecule has 0 aromatic carbocycles. The normalized spacial score (nSPS) is 19.8. The first-order valence-electron chi connectivity index (χ1n) is 6.43. The molecule has 0 unspecified atom stereocenters. The lowest BCUT2D eigenvalue weighted by molar-refractivity contribution is 0.0728. The van der Waals surface area contributed by atoms with Crippen molar-refractivity contribution in [2.75, 3.05) is 13.1 Å². The molecule has 0 spiro atoms. The molecule has 1 fully saturated rings. The lowest BCUT2D eigenvalue weighted by Crippen LogP contribution is -2.40. The molecule has 2 heterocycles. The molecule has 5 heteroatoms. The van der Waals surface area contributed by atoms with Crippen molar-refractivity contribution in [2.24, 2.45) is 5.73 Å². The molecule has 18 heavy (non-hydrogen) atoms. The van der Waals surface area contributed by atoms with Crippen LogP contribution < -0.4 is 5.73 Å². The van der Waals surface area contributed by atoms with Crippen molar-refractivity contribution in [3.05, 3.63) is 22.4 Å². The second kappa shape index (κ2) is 5.45. The molecule has 0 bridgehead atoms. The lowest BCUT2D eigenvalue weighted by atomic mass is 10.2. The summed E-state index contributed by atoms with van der Waals surface area (Å²) < 4.78 is 2.96. The van der Waals surface area contributed by atoms with E-state index < -0.39 is 0 Å². The molecule has 0 radical (unpaired) electrons. The summed E-state index contributed by atoms with van der Waals surface area (Å²) in [5, 5.41) is 0. The van der Waals surface area contributed by atoms with Gasteiger partial charge in [-0.25, -0.2) is 0 Å². The highest BCUT2D eigenvalue weighted by Crippen LogP contribution is 2.24. The second-order valence-corrected chi connectivity index (χ2v) is 5.99. The molecule has 1 saturated heterocycles. The fourth-order valence-electron chi connectivity index (χ4n) is 2.54. The Balaban J connectivity index is 2.28. The highest BCUT2D eigenvalue weighted by Gasteiger charge is 2.30. The first-order valence-corrected chi connectivity index (χ1v) is 7.22. The van der Waals surface area contributed by atoms with Crippen LogP contribution in [0.1, 0.15) is 43.2 Å². The molecule has 0 aliphatic carbocycles. The highest BCUT2D eigenvalue weighted by molar-refractivity contribution is 9.10. The van der Waals surface area contributed by atoms with Crippen LogP contribution in [0.25, 0.3) is 0 Å². The van der Waals surface area contributed by atoms with E-state index in [9.17, 15) is 4.79 Å². The van der Waals surface area contributed by atoms with E-state index >= 15 is 0 Å². The van der Waals surface area contributed by atoms with Gasteiger partial charge in [0.15, 0.2) is 0 Å². The minimum absolute atomic E-state index is 0.0994. The number of nitrogens with zero attached hydrogens (tertiary/aromatic N) is 2. The smallest absolute Gasteiger partial charge is 0.270 e. The summed E-state index contributed by atoms with van der Waals surface area (Å²) in [4.78, 5) is 14.5. The third-order valence-electron chi connectivity index (χ3n) is 3.50. The van der Waals surface area contributed by atoms with Crippen LogP contribution >= 0.6 is 15.9 Å². The van der Waals surface area contributed by atoms with Crippen molar-refractivity contribution in [1.29, 1.82) is 0 Å². The van der Waals surface area contributed by atoms with Crippen LogP contribution in [0.4, 0.5) is 0 Å². The zero-order valence-corrected chi connectivity index (χ0v) is 12.5. The average molecular weight is 314 g/mol. The molecule has 1 aliphatic rings. The maximum atomic E-state index is 12.6. The summed E-state index contributed by atoms with van der Waals surface area (Å²) in [6, 6.07) is 2.37. The average Bonchev–Trinajstić information content (AvgIpc) is 2.93. The van der Waals surface area contributed by atoms with E-state index in [4.69, 9.17) is 5.73 Å². The number of aromatic nitrogens is 1. The lowest BCUT2D eigenvalue weighted by Gasteiger charge is -2.24. The third kappa shape index (κ3) is 2.47. The van der Waals surface area contributed by atoms with Crippen LogP contribution in [0, 0.1) is 0 Å². The zero-order chi connectivity index (χ0) is 13.3. The van der Waals surface area contributed by atoms with Gasteiger partial charge in [-0.05, 0) is 48.7 Å². The second-order valence-electron chi connectivity index (χ2n) is 5.07. The van der Waals surface area contributed by atoms with Crippen molar-refractivity contribution < 1.29 is 4.79 Å². The molecule has 2 N–H and O–H groups in total. The van der Waals surface area contributed by atoms with Gasteiger partial charge in [-0.3, -0.25) is 4.79 Å². The highest BCUT2D eigenvalue weighted by atomic mass is 79.9. The van der Waals surface area contributed by atoms with Crippen molar-refractivity contribution >= 4 is 21.8 Å². The molecular formula is C13H20BrN3O. The Morgan fingerprint density at radius 2 is 2.33 bits per heavy atom. The SMILES string of the molecule is CC(C)n1cc(Br)cc1C(=O)N1CCC[C@H]1CN. The number of hydrogen-bond donors (Lipinski definition) is 1. The van der Waals surface area contributed by atoms with Gasteiger partial charge in [-0.15, -0.1) is 0 Å². The monoisotopic (exact) mass is 313 g/mol. The van der Waals surface area contributed by atoms with E-state index in [2.05, 4.69) is 29.8 Å². The molecule has 100 valence electrons. The van der Waals surface area contributed by atoms with Gasteiger partial charge in [-0.1, -0.05) is 0 Å². The van der Waals surface area contributed by atoms with Crippen LogP contribution in [0.3, 0.4) is 0 Å². The molecule has 1 atom stereocenters. The molecule has 1 amide bonds. The predicted octanol–water partition coefficient (Wildman–Crippen LogP) is 2.39. The summed E-state index contributed by atoms with van der Waals surface area (Å²) in [6.45, 7) is 5.53. The minimum Gasteiger partial charge on any atom is -0.340 e. The van der Waals surface area contributed by atoms with Crippen molar-refractivity contribution in [3.8, 4) is 0 Å². The van der Waals surface area contributed by atoms with Gasteiger partial charge >= 0.3 is 0 Å². The molecular weight excluding hydrogens is 294 g/mol. The first-order chi connectivity index (χ1) is 8.54. The quantitative estimate of drug-likeness (QED) is 0.931. The summed E-state index contributed by atoms with van der Waals surface area (Å²) in [7, 11) is 0. The molecule has 1 aromatic rings. The molecule has 1 aliphatic heterocycles. The van der Waals surface area contributed by atoms with Gasteiger partial charge in [0.2, 0.25) is 0 Å². The van der Waals surface area contributed by atoms with Gasteiger partial charge in [0.1, 0.15) is 5.69 Å². The summed E-state index contributed by atoms with van der Waals surface area (Å²) >= 11 is 3.44. The number of hydrogen-bond acceptors (Lipinski definition) is 2. The van der Waals surface area contributed by atoms with Crippen LogP contribution in [-0.4, -0.2) is 34.5 Å². The van der Waals surface area contributed by atoms with E-state index in [1.807, 2.05) is 21.7 Å². The molecule has 1 aromatic heterocycles. The van der Waals surface area contributed by atoms with Crippen molar-refractivity contribution in [2.45, 2.75) is 38.8 Å². The van der Waals surface area contributed by atoms with Crippen LogP contribution in [0.5, 0.6) is 0 Å². The third-order valence-corrected chi connectivity index (χ3v) is 3.93. The maximum absolute atomic E-state index is 12.6. The van der Waals surface area contributed by atoms with E-state index in [0.29, 0.717) is 6.54 Å². The first kappa shape index (κ1) is 13.6. The fraction of sp³-hybridized carbons (Fsp3) is 0.615. The Morgan fingerprint density at radius 3 is 2.94 bits per heavy atom. The van der Waals surface area contributed by atoms with Crippen LogP contribution in [0.15, 0.2) is 16.7 Å². The Labute approximate surface area is 116 Å². The molecule has 4 nitrogen and oxygen atoms in total. The van der Waals surface area contributed by atoms with Crippen molar-refractivity contribution in [1.82, 2.24) is 9.47 Å². The van der Waals surface area contributed by atoms with Gasteiger partial charge in [0.05, 0.1) is 0 Å². The van der Waals surface area contributed by atoms with Crippen LogP contribution in [0.2, 0.25) is 0 Å². The van der Waals surface area contributed by atoms with Gasteiger partial charge < -0.3 is 15.2 Å². The van der Waals surface area contributed by atoms with E-state index in [1.165, 1.54) is 0 Å². The Bertz CT molecular complexity index is 441. The predicted molar refractivity (Wildman–Crippen MR) is 75.6 cm³/mol. The number of carbonyl (C=O) groups is 1. The fourth-order valence-corrected chi connectivity index (χ4v) is 2.98. The maximum Gasteiger partial charge on any atom is 0.270 e. The van der Waals surface area contributed by atoms with Gasteiger partial charge in [0.25, 0.3) is 5.91 Å². The zero-order valence-electron chi connectivity index (χ0n) is 10.9. The summed E-state index contributed by atoms with van der Waals surface area (Å²) in [5.41, 5.74) is 6.48. The van der Waals surface area contributed by atoms with E-state index in [0.717, 1.165) is 29.6 Å². The van der Waals surface area contributed by atoms with Crippen molar-refractivity contribution in [3.63, 3.8) is 0 Å². The number of likely N-dealkylation sites (tertiary alicyclic amines) is 1. The number of nitrogens with two attached hydrogens (primary N) is 1. The van der Waals surface area contributed by atoms with Crippen LogP contribution in [-0.2, 0) is 0 Å². The minimum atomic E-state index is 0.0994. The standard InChI is InChI=1S/C13H20BrN3O/c1-9(2)17-8-10(14)6-12(17)13(18)16-5-3-4-11(16)7-15/h6,8-9,11H,3-5,7,15H2,1-2H3/t11-/m0/s1. The largest absolute Gasteiger partial charge is 0.340 e. The number of carbonyl (C=O) groups excluding carboxylic acids is 1. The summed E-state index contributed by atoms with van der Waals surface area (Å²) in [6.07, 6.45) is 4.04. The van der Waals surface area contributed by atoms with Gasteiger partial charge in [-0.2, -0.15) is 0 Å². The number of halogens is 1. The van der Waals surface area contributed by atoms with E-state index in [-0.39, 0.29) is 18.0 Å². The molecule has 0 saturated carbocycles. The Morgan fingerprint density at radius 1 is 1.61 bits per heavy atom. The number of amides is 1. The van der Waals surface area contributed by atoms with Gasteiger partial charge in [0, 0.05) is 35.8 Å². The number of rotatable bonds is 3. The summed E-state index contributed by atoms with van der Waals surface area (Å²) in [5.74, 6) is 0.0994. The topological polar surface area (TPSA) is 51.3 Å². The van der Waals surface area contributed by atoms with E-state index in [1.54, 1.807) is 0 Å².